The number of carbonyl (C=O) groups excluding carboxylic acids is 1. The highest BCUT2D eigenvalue weighted by atomic mass is 16.1. The molecule has 1 aromatic heterocycles. The monoisotopic (exact) mass is 418 g/mol. The first-order valence-corrected chi connectivity index (χ1v) is 11.5. The highest BCUT2D eigenvalue weighted by Crippen LogP contribution is 2.32. The maximum absolute atomic E-state index is 11.7. The SMILES string of the molecule is CCN(CC)Cn1c(N2CCC(Cc3ccccc3)CC2)cc2cc(C(N)=O)ccc21. The molecule has 4 rings (SSSR count). The molecule has 0 radical (unpaired) electrons. The van der Waals surface area contributed by atoms with Gasteiger partial charge in [-0.3, -0.25) is 9.69 Å². The number of anilines is 1. The summed E-state index contributed by atoms with van der Waals surface area (Å²) in [4.78, 5) is 16.6. The molecule has 164 valence electrons. The third kappa shape index (κ3) is 4.77. The molecule has 0 atom stereocenters. The average molecular weight is 419 g/mol. The fourth-order valence-corrected chi connectivity index (χ4v) is 4.76. The van der Waals surface area contributed by atoms with Crippen LogP contribution in [0.25, 0.3) is 10.9 Å². The standard InChI is InChI=1S/C26H34N4O/c1-3-28(4-2)19-30-24-11-10-22(26(27)31)17-23(24)18-25(30)29-14-12-21(13-15-29)16-20-8-6-5-7-9-20/h5-11,17-18,21H,3-4,12-16,19H2,1-2H3,(H2,27,31). The number of hydrogen-bond acceptors (Lipinski definition) is 3. The van der Waals surface area contributed by atoms with E-state index in [4.69, 9.17) is 5.73 Å². The van der Waals surface area contributed by atoms with Crippen LogP contribution in [-0.2, 0) is 13.1 Å². The van der Waals surface area contributed by atoms with Crippen LogP contribution in [0.5, 0.6) is 0 Å². The van der Waals surface area contributed by atoms with E-state index in [0.717, 1.165) is 44.2 Å². The average Bonchev–Trinajstić information content (AvgIpc) is 3.16. The molecule has 1 saturated heterocycles. The second-order valence-corrected chi connectivity index (χ2v) is 8.63. The second kappa shape index (κ2) is 9.56. The topological polar surface area (TPSA) is 54.5 Å². The van der Waals surface area contributed by atoms with Crippen LogP contribution in [0.3, 0.4) is 0 Å². The molecule has 1 aliphatic rings. The number of nitrogens with two attached hydrogens (primary N) is 1. The number of amides is 1. The fourth-order valence-electron chi connectivity index (χ4n) is 4.76. The summed E-state index contributed by atoms with van der Waals surface area (Å²) in [5.74, 6) is 1.61. The van der Waals surface area contributed by atoms with Gasteiger partial charge in [0, 0.05) is 24.0 Å². The Morgan fingerprint density at radius 2 is 1.74 bits per heavy atom. The van der Waals surface area contributed by atoms with Gasteiger partial charge in [0.1, 0.15) is 5.82 Å². The lowest BCUT2D eigenvalue weighted by Crippen LogP contribution is -2.36. The molecule has 0 spiro atoms. The molecule has 0 unspecified atom stereocenters. The molecule has 5 nitrogen and oxygen atoms in total. The summed E-state index contributed by atoms with van der Waals surface area (Å²) in [6.07, 6.45) is 3.57. The zero-order valence-electron chi connectivity index (χ0n) is 18.8. The van der Waals surface area contributed by atoms with Gasteiger partial charge in [-0.05, 0) is 68.1 Å². The third-order valence-electron chi connectivity index (χ3n) is 6.71. The molecule has 0 aliphatic carbocycles. The van der Waals surface area contributed by atoms with Crippen molar-refractivity contribution in [3.05, 3.63) is 65.7 Å². The van der Waals surface area contributed by atoms with Crippen LogP contribution in [0.1, 0.15) is 42.6 Å². The number of aromatic nitrogens is 1. The molecule has 2 aromatic carbocycles. The van der Waals surface area contributed by atoms with Crippen LogP contribution in [-0.4, -0.2) is 41.6 Å². The minimum absolute atomic E-state index is 0.373. The van der Waals surface area contributed by atoms with E-state index in [2.05, 4.69) is 64.6 Å². The largest absolute Gasteiger partial charge is 0.366 e. The Morgan fingerprint density at radius 3 is 2.39 bits per heavy atom. The van der Waals surface area contributed by atoms with Gasteiger partial charge in [0.2, 0.25) is 5.91 Å². The van der Waals surface area contributed by atoms with Crippen LogP contribution < -0.4 is 10.6 Å². The number of primary amides is 1. The van der Waals surface area contributed by atoms with Crippen molar-refractivity contribution >= 4 is 22.6 Å². The van der Waals surface area contributed by atoms with E-state index in [0.29, 0.717) is 5.56 Å². The van der Waals surface area contributed by atoms with Gasteiger partial charge in [-0.1, -0.05) is 44.2 Å². The molecular weight excluding hydrogens is 384 g/mol. The number of nitrogens with zero attached hydrogens (tertiary/aromatic N) is 3. The Morgan fingerprint density at radius 1 is 1.03 bits per heavy atom. The minimum atomic E-state index is -0.373. The first kappa shape index (κ1) is 21.4. The molecule has 1 amide bonds. The lowest BCUT2D eigenvalue weighted by atomic mass is 9.90. The molecule has 1 fully saturated rings. The zero-order valence-corrected chi connectivity index (χ0v) is 18.8. The van der Waals surface area contributed by atoms with Crippen molar-refractivity contribution in [3.63, 3.8) is 0 Å². The van der Waals surface area contributed by atoms with Gasteiger partial charge in [0.25, 0.3) is 0 Å². The van der Waals surface area contributed by atoms with Gasteiger partial charge in [-0.15, -0.1) is 0 Å². The number of fused-ring (bicyclic) bond motifs is 1. The summed E-state index contributed by atoms with van der Waals surface area (Å²) < 4.78 is 2.41. The predicted octanol–water partition coefficient (Wildman–Crippen LogP) is 4.50. The molecule has 0 bridgehead atoms. The summed E-state index contributed by atoms with van der Waals surface area (Å²) in [6, 6.07) is 18.9. The Hall–Kier alpha value is -2.79. The summed E-state index contributed by atoms with van der Waals surface area (Å²) in [7, 11) is 0. The summed E-state index contributed by atoms with van der Waals surface area (Å²) in [5.41, 5.74) is 8.71. The van der Waals surface area contributed by atoms with Gasteiger partial charge >= 0.3 is 0 Å². The van der Waals surface area contributed by atoms with Gasteiger partial charge in [0.05, 0.1) is 12.2 Å². The van der Waals surface area contributed by atoms with Crippen molar-refractivity contribution in [1.82, 2.24) is 9.47 Å². The highest BCUT2D eigenvalue weighted by Gasteiger charge is 2.23. The van der Waals surface area contributed by atoms with E-state index in [-0.39, 0.29) is 5.91 Å². The number of carbonyl (C=O) groups is 1. The first-order valence-electron chi connectivity index (χ1n) is 11.5. The van der Waals surface area contributed by atoms with Crippen LogP contribution >= 0.6 is 0 Å². The highest BCUT2D eigenvalue weighted by molar-refractivity contribution is 5.98. The lowest BCUT2D eigenvalue weighted by molar-refractivity contribution is 0.100. The summed E-state index contributed by atoms with van der Waals surface area (Å²) in [5, 5.41) is 1.09. The summed E-state index contributed by atoms with van der Waals surface area (Å²) in [6.45, 7) is 9.40. The zero-order chi connectivity index (χ0) is 21.8. The van der Waals surface area contributed by atoms with Crippen LogP contribution in [0.15, 0.2) is 54.6 Å². The number of benzene rings is 2. The van der Waals surface area contributed by atoms with E-state index in [9.17, 15) is 4.79 Å². The Bertz CT molecular complexity index is 1010. The van der Waals surface area contributed by atoms with Crippen LogP contribution in [0.2, 0.25) is 0 Å². The maximum atomic E-state index is 11.7. The van der Waals surface area contributed by atoms with Gasteiger partial charge in [-0.2, -0.15) is 0 Å². The number of rotatable bonds is 8. The van der Waals surface area contributed by atoms with E-state index >= 15 is 0 Å². The maximum Gasteiger partial charge on any atom is 0.248 e. The van der Waals surface area contributed by atoms with Crippen molar-refractivity contribution in [3.8, 4) is 0 Å². The lowest BCUT2D eigenvalue weighted by Gasteiger charge is -2.35. The Balaban J connectivity index is 1.57. The van der Waals surface area contributed by atoms with Gasteiger partial charge in [-0.25, -0.2) is 0 Å². The smallest absolute Gasteiger partial charge is 0.248 e. The Labute approximate surface area is 185 Å². The Kier molecular flexibility index (Phi) is 6.62. The van der Waals surface area contributed by atoms with E-state index in [1.165, 1.54) is 36.2 Å². The fraction of sp³-hybridized carbons (Fsp3) is 0.423. The van der Waals surface area contributed by atoms with Crippen LogP contribution in [0.4, 0.5) is 5.82 Å². The first-order chi connectivity index (χ1) is 15.1. The van der Waals surface area contributed by atoms with Crippen molar-refractivity contribution in [2.75, 3.05) is 31.1 Å². The third-order valence-corrected chi connectivity index (χ3v) is 6.71. The van der Waals surface area contributed by atoms with Gasteiger partial charge in [0.15, 0.2) is 0 Å². The molecular formula is C26H34N4O. The van der Waals surface area contributed by atoms with E-state index < -0.39 is 0 Å². The number of piperidine rings is 1. The molecule has 0 saturated carbocycles. The predicted molar refractivity (Wildman–Crippen MR) is 128 cm³/mol. The molecule has 31 heavy (non-hydrogen) atoms. The minimum Gasteiger partial charge on any atom is -0.366 e. The molecule has 1 aliphatic heterocycles. The molecule has 3 aromatic rings. The molecule has 2 heterocycles. The van der Waals surface area contributed by atoms with Crippen molar-refractivity contribution < 1.29 is 4.79 Å². The van der Waals surface area contributed by atoms with E-state index in [1.54, 1.807) is 0 Å². The second-order valence-electron chi connectivity index (χ2n) is 8.63. The molecule has 2 N–H and O–H groups in total. The normalized spacial score (nSPS) is 15.1. The number of hydrogen-bond donors (Lipinski definition) is 1. The quantitative estimate of drug-likeness (QED) is 0.586. The van der Waals surface area contributed by atoms with Crippen molar-refractivity contribution in [1.29, 1.82) is 0 Å². The van der Waals surface area contributed by atoms with Crippen molar-refractivity contribution in [2.24, 2.45) is 11.7 Å². The van der Waals surface area contributed by atoms with Gasteiger partial charge < -0.3 is 15.2 Å². The van der Waals surface area contributed by atoms with Crippen LogP contribution in [0, 0.1) is 5.92 Å². The summed E-state index contributed by atoms with van der Waals surface area (Å²) >= 11 is 0. The van der Waals surface area contributed by atoms with Crippen molar-refractivity contribution in [2.45, 2.75) is 39.8 Å². The van der Waals surface area contributed by atoms with E-state index in [1.807, 2.05) is 18.2 Å². The molecule has 5 heteroatoms.